The van der Waals surface area contributed by atoms with Gasteiger partial charge in [-0.3, -0.25) is 4.79 Å². The van der Waals surface area contributed by atoms with E-state index in [1.807, 2.05) is 22.5 Å². The number of nitrogens with one attached hydrogen (secondary N) is 1. The lowest BCUT2D eigenvalue weighted by Crippen LogP contribution is -2.28. The van der Waals surface area contributed by atoms with Crippen molar-refractivity contribution >= 4 is 17.7 Å². The standard InChI is InChI=1S/C15H23N7OS/c1-21-8-6-18-15(21)24-9-7-17-14(23)13-10-22(20-19-13)12-4-2-11(16)3-5-12/h6,8,10-12H,2-5,7,9,16H2,1H3,(H,17,23). The van der Waals surface area contributed by atoms with Gasteiger partial charge in [0.25, 0.3) is 5.91 Å². The molecule has 0 atom stereocenters. The van der Waals surface area contributed by atoms with E-state index in [4.69, 9.17) is 5.73 Å². The third kappa shape index (κ3) is 4.15. The SMILES string of the molecule is Cn1ccnc1SCCNC(=O)c1cn(C2CCC(N)CC2)nn1. The van der Waals surface area contributed by atoms with Gasteiger partial charge in [0.05, 0.1) is 12.2 Å². The van der Waals surface area contributed by atoms with Crippen molar-refractivity contribution in [3.8, 4) is 0 Å². The molecule has 2 aromatic rings. The number of rotatable bonds is 6. The zero-order valence-electron chi connectivity index (χ0n) is 13.8. The second-order valence-corrected chi connectivity index (χ2v) is 7.14. The maximum Gasteiger partial charge on any atom is 0.273 e. The first kappa shape index (κ1) is 17.0. The first-order valence-electron chi connectivity index (χ1n) is 8.19. The van der Waals surface area contributed by atoms with Crippen LogP contribution in [0.1, 0.15) is 42.2 Å². The molecule has 2 heterocycles. The monoisotopic (exact) mass is 349 g/mol. The summed E-state index contributed by atoms with van der Waals surface area (Å²) in [6.07, 6.45) is 9.38. The zero-order chi connectivity index (χ0) is 16.9. The van der Waals surface area contributed by atoms with Gasteiger partial charge in [-0.15, -0.1) is 5.10 Å². The van der Waals surface area contributed by atoms with Gasteiger partial charge in [0.15, 0.2) is 10.9 Å². The van der Waals surface area contributed by atoms with E-state index in [0.29, 0.717) is 24.3 Å². The molecule has 0 unspecified atom stereocenters. The smallest absolute Gasteiger partial charge is 0.273 e. The molecule has 1 fully saturated rings. The average Bonchev–Trinajstić information content (AvgIpc) is 3.22. The van der Waals surface area contributed by atoms with Gasteiger partial charge in [0.1, 0.15) is 0 Å². The molecule has 0 radical (unpaired) electrons. The van der Waals surface area contributed by atoms with Gasteiger partial charge in [0.2, 0.25) is 0 Å². The second-order valence-electron chi connectivity index (χ2n) is 6.08. The number of hydrogen-bond acceptors (Lipinski definition) is 6. The summed E-state index contributed by atoms with van der Waals surface area (Å²) in [4.78, 5) is 16.4. The maximum absolute atomic E-state index is 12.1. The summed E-state index contributed by atoms with van der Waals surface area (Å²) in [5.41, 5.74) is 6.29. The van der Waals surface area contributed by atoms with Crippen molar-refractivity contribution < 1.29 is 4.79 Å². The van der Waals surface area contributed by atoms with E-state index in [1.54, 1.807) is 24.2 Å². The predicted molar refractivity (Wildman–Crippen MR) is 91.8 cm³/mol. The second kappa shape index (κ2) is 7.80. The van der Waals surface area contributed by atoms with Crippen LogP contribution in [0.2, 0.25) is 0 Å². The van der Waals surface area contributed by atoms with Crippen LogP contribution in [0.4, 0.5) is 0 Å². The number of carbonyl (C=O) groups excluding carboxylic acids is 1. The number of nitrogens with zero attached hydrogens (tertiary/aromatic N) is 5. The van der Waals surface area contributed by atoms with E-state index in [-0.39, 0.29) is 5.91 Å². The van der Waals surface area contributed by atoms with E-state index >= 15 is 0 Å². The molecule has 0 aliphatic heterocycles. The zero-order valence-corrected chi connectivity index (χ0v) is 14.6. The highest BCUT2D eigenvalue weighted by atomic mass is 32.2. The van der Waals surface area contributed by atoms with Crippen molar-refractivity contribution in [1.82, 2.24) is 29.9 Å². The van der Waals surface area contributed by atoms with Gasteiger partial charge >= 0.3 is 0 Å². The topological polar surface area (TPSA) is 104 Å². The number of aromatic nitrogens is 5. The third-order valence-electron chi connectivity index (χ3n) is 4.25. The van der Waals surface area contributed by atoms with Crippen LogP contribution >= 0.6 is 11.8 Å². The number of carbonyl (C=O) groups is 1. The molecule has 0 aromatic carbocycles. The van der Waals surface area contributed by atoms with Crippen LogP contribution in [0.3, 0.4) is 0 Å². The first-order valence-corrected chi connectivity index (χ1v) is 9.18. The minimum absolute atomic E-state index is 0.186. The van der Waals surface area contributed by atoms with Crippen LogP contribution < -0.4 is 11.1 Å². The van der Waals surface area contributed by atoms with Crippen LogP contribution in [0, 0.1) is 0 Å². The largest absolute Gasteiger partial charge is 0.350 e. The summed E-state index contributed by atoms with van der Waals surface area (Å²) in [6, 6.07) is 0.599. The molecule has 3 rings (SSSR count). The highest BCUT2D eigenvalue weighted by Gasteiger charge is 2.22. The molecule has 0 bridgehead atoms. The molecular formula is C15H23N7OS. The van der Waals surface area contributed by atoms with Crippen molar-refractivity contribution in [1.29, 1.82) is 0 Å². The number of amides is 1. The molecule has 3 N–H and O–H groups in total. The van der Waals surface area contributed by atoms with E-state index in [9.17, 15) is 4.79 Å². The Morgan fingerprint density at radius 1 is 1.42 bits per heavy atom. The van der Waals surface area contributed by atoms with Gasteiger partial charge < -0.3 is 15.6 Å². The quantitative estimate of drug-likeness (QED) is 0.595. The fraction of sp³-hybridized carbons (Fsp3) is 0.600. The minimum Gasteiger partial charge on any atom is -0.350 e. The van der Waals surface area contributed by atoms with Gasteiger partial charge in [-0.1, -0.05) is 17.0 Å². The molecule has 130 valence electrons. The Kier molecular flexibility index (Phi) is 5.52. The molecule has 0 saturated heterocycles. The van der Waals surface area contributed by atoms with Crippen molar-refractivity contribution in [2.75, 3.05) is 12.3 Å². The van der Waals surface area contributed by atoms with Crippen molar-refractivity contribution in [2.45, 2.75) is 42.9 Å². The van der Waals surface area contributed by atoms with Gasteiger partial charge in [-0.25, -0.2) is 9.67 Å². The first-order chi connectivity index (χ1) is 11.6. The molecule has 1 aliphatic carbocycles. The summed E-state index contributed by atoms with van der Waals surface area (Å²) in [5.74, 6) is 0.569. The van der Waals surface area contributed by atoms with Crippen LogP contribution in [0.25, 0.3) is 0 Å². The summed E-state index contributed by atoms with van der Waals surface area (Å²) in [6.45, 7) is 0.557. The van der Waals surface area contributed by atoms with Crippen LogP contribution in [0.5, 0.6) is 0 Å². The van der Waals surface area contributed by atoms with Gasteiger partial charge in [-0.05, 0) is 25.7 Å². The van der Waals surface area contributed by atoms with Crippen LogP contribution in [-0.4, -0.2) is 48.8 Å². The predicted octanol–water partition coefficient (Wildman–Crippen LogP) is 0.976. The minimum atomic E-state index is -0.186. The number of imidazole rings is 1. The van der Waals surface area contributed by atoms with E-state index in [2.05, 4.69) is 20.6 Å². The summed E-state index contributed by atoms with van der Waals surface area (Å²) in [7, 11) is 1.95. The molecule has 1 aliphatic rings. The Bertz CT molecular complexity index is 675. The average molecular weight is 349 g/mol. The van der Waals surface area contributed by atoms with Gasteiger partial charge in [-0.2, -0.15) is 0 Å². The maximum atomic E-state index is 12.1. The molecular weight excluding hydrogens is 326 g/mol. The van der Waals surface area contributed by atoms with E-state index in [0.717, 1.165) is 36.6 Å². The van der Waals surface area contributed by atoms with E-state index < -0.39 is 0 Å². The lowest BCUT2D eigenvalue weighted by Gasteiger charge is -2.25. The summed E-state index contributed by atoms with van der Waals surface area (Å²) in [5, 5.41) is 11.9. The Morgan fingerprint density at radius 2 is 2.21 bits per heavy atom. The van der Waals surface area contributed by atoms with Gasteiger partial charge in [0, 0.05) is 37.8 Å². The molecule has 1 amide bonds. The van der Waals surface area contributed by atoms with Crippen molar-refractivity contribution in [3.63, 3.8) is 0 Å². The number of aryl methyl sites for hydroxylation is 1. The summed E-state index contributed by atoms with van der Waals surface area (Å²) < 4.78 is 3.76. The normalized spacial score (nSPS) is 20.9. The molecule has 24 heavy (non-hydrogen) atoms. The lowest BCUT2D eigenvalue weighted by atomic mass is 9.92. The Morgan fingerprint density at radius 3 is 2.92 bits per heavy atom. The molecule has 1 saturated carbocycles. The lowest BCUT2D eigenvalue weighted by molar-refractivity contribution is 0.0951. The fourth-order valence-corrected chi connectivity index (χ4v) is 3.60. The third-order valence-corrected chi connectivity index (χ3v) is 5.31. The van der Waals surface area contributed by atoms with Crippen molar-refractivity contribution in [2.24, 2.45) is 12.8 Å². The van der Waals surface area contributed by atoms with Crippen molar-refractivity contribution in [3.05, 3.63) is 24.3 Å². The molecule has 8 nitrogen and oxygen atoms in total. The number of thioether (sulfide) groups is 1. The number of hydrogen-bond donors (Lipinski definition) is 2. The number of nitrogens with two attached hydrogens (primary N) is 1. The van der Waals surface area contributed by atoms with E-state index in [1.165, 1.54) is 0 Å². The Labute approximate surface area is 145 Å². The Hall–Kier alpha value is -1.87. The van der Waals surface area contributed by atoms with Crippen LogP contribution in [-0.2, 0) is 7.05 Å². The molecule has 2 aromatic heterocycles. The van der Waals surface area contributed by atoms with Crippen LogP contribution in [0.15, 0.2) is 23.7 Å². The Balaban J connectivity index is 1.44. The molecule has 9 heteroatoms. The highest BCUT2D eigenvalue weighted by molar-refractivity contribution is 7.99. The highest BCUT2D eigenvalue weighted by Crippen LogP contribution is 2.26. The summed E-state index contributed by atoms with van der Waals surface area (Å²) >= 11 is 1.60. The molecule has 0 spiro atoms. The fourth-order valence-electron chi connectivity index (χ4n) is 2.81.